The first-order valence-corrected chi connectivity index (χ1v) is 9.64. The van der Waals surface area contributed by atoms with Crippen LogP contribution in [0.3, 0.4) is 0 Å². The van der Waals surface area contributed by atoms with Crippen molar-refractivity contribution in [3.05, 3.63) is 47.3 Å². The Bertz CT molecular complexity index is 938. The largest absolute Gasteiger partial charge is 0.348 e. The van der Waals surface area contributed by atoms with Gasteiger partial charge in [0, 0.05) is 32.1 Å². The molecular formula is C19H22F2N6O4. The van der Waals surface area contributed by atoms with Crippen molar-refractivity contribution in [1.82, 2.24) is 25.9 Å². The van der Waals surface area contributed by atoms with E-state index in [4.69, 9.17) is 5.21 Å². The fraction of sp³-hybridized carbons (Fsp3) is 0.368. The Morgan fingerprint density at radius 2 is 1.84 bits per heavy atom. The van der Waals surface area contributed by atoms with Gasteiger partial charge in [-0.3, -0.25) is 24.7 Å². The molecule has 0 bridgehead atoms. The van der Waals surface area contributed by atoms with E-state index in [0.717, 1.165) is 18.2 Å². The maximum Gasteiger partial charge on any atom is 0.271 e. The minimum Gasteiger partial charge on any atom is -0.348 e. The number of anilines is 1. The summed E-state index contributed by atoms with van der Waals surface area (Å²) in [4.78, 5) is 38.0. The molecule has 1 aromatic carbocycles. The predicted molar refractivity (Wildman–Crippen MR) is 104 cm³/mol. The number of nitrogens with one attached hydrogen (secondary N) is 4. The van der Waals surface area contributed by atoms with E-state index in [-0.39, 0.29) is 23.8 Å². The summed E-state index contributed by atoms with van der Waals surface area (Å²) in [5.74, 6) is -4.05. The van der Waals surface area contributed by atoms with Crippen molar-refractivity contribution in [2.45, 2.75) is 25.3 Å². The fourth-order valence-electron chi connectivity index (χ4n) is 3.33. The number of hydrogen-bond acceptors (Lipinski definition) is 6. The predicted octanol–water partition coefficient (Wildman–Crippen LogP) is 1.03. The van der Waals surface area contributed by atoms with E-state index in [0.29, 0.717) is 32.5 Å². The molecule has 3 rings (SSSR count). The van der Waals surface area contributed by atoms with Crippen LogP contribution < -0.4 is 16.1 Å². The molecule has 12 heteroatoms. The first-order chi connectivity index (χ1) is 14.9. The molecule has 2 aromatic rings. The van der Waals surface area contributed by atoms with Gasteiger partial charge in [0.15, 0.2) is 0 Å². The average Bonchev–Trinajstić information content (AvgIpc) is 3.21. The smallest absolute Gasteiger partial charge is 0.271 e. The van der Waals surface area contributed by atoms with Gasteiger partial charge in [-0.1, -0.05) is 6.07 Å². The molecule has 0 unspecified atom stereocenters. The Kier molecular flexibility index (Phi) is 7.26. The van der Waals surface area contributed by atoms with E-state index < -0.39 is 34.9 Å². The molecule has 1 aliphatic rings. The van der Waals surface area contributed by atoms with Crippen LogP contribution in [0.15, 0.2) is 24.4 Å². The van der Waals surface area contributed by atoms with E-state index in [2.05, 4.69) is 20.8 Å². The molecule has 0 atom stereocenters. The number of hydroxylamine groups is 1. The summed E-state index contributed by atoms with van der Waals surface area (Å²) in [6, 6.07) is 2.93. The molecule has 1 aliphatic heterocycles. The highest BCUT2D eigenvalue weighted by molar-refractivity contribution is 6.08. The number of aromatic nitrogens is 2. The van der Waals surface area contributed by atoms with Gasteiger partial charge in [-0.25, -0.2) is 14.3 Å². The third-order valence-corrected chi connectivity index (χ3v) is 5.01. The first kappa shape index (κ1) is 22.3. The first-order valence-electron chi connectivity index (χ1n) is 9.64. The number of likely N-dealkylation sites (tertiary alicyclic amines) is 1. The minimum atomic E-state index is -1.04. The summed E-state index contributed by atoms with van der Waals surface area (Å²) >= 11 is 0. The van der Waals surface area contributed by atoms with Crippen LogP contribution in [0.25, 0.3) is 0 Å². The Morgan fingerprint density at radius 1 is 1.16 bits per heavy atom. The number of amides is 3. The van der Waals surface area contributed by atoms with Crippen molar-refractivity contribution >= 4 is 23.4 Å². The molecule has 1 saturated heterocycles. The van der Waals surface area contributed by atoms with Gasteiger partial charge in [0.05, 0.1) is 11.9 Å². The Hall–Kier alpha value is -3.38. The lowest BCUT2D eigenvalue weighted by atomic mass is 10.0. The van der Waals surface area contributed by atoms with Crippen LogP contribution in [0.5, 0.6) is 0 Å². The molecule has 166 valence electrons. The number of rotatable bonds is 7. The van der Waals surface area contributed by atoms with Crippen LogP contribution >= 0.6 is 0 Å². The molecule has 5 N–H and O–H groups in total. The Labute approximate surface area is 176 Å². The zero-order valence-corrected chi connectivity index (χ0v) is 16.5. The van der Waals surface area contributed by atoms with E-state index >= 15 is 0 Å². The molecule has 3 amide bonds. The molecule has 2 heterocycles. The number of carbonyl (C=O) groups excluding carboxylic acids is 3. The van der Waals surface area contributed by atoms with Crippen LogP contribution in [0.2, 0.25) is 0 Å². The highest BCUT2D eigenvalue weighted by atomic mass is 19.1. The Balaban J connectivity index is 1.55. The summed E-state index contributed by atoms with van der Waals surface area (Å²) in [6.45, 7) is 1.81. The van der Waals surface area contributed by atoms with E-state index in [1.165, 1.54) is 6.20 Å². The third kappa shape index (κ3) is 5.61. The van der Waals surface area contributed by atoms with Gasteiger partial charge in [0.25, 0.3) is 11.8 Å². The van der Waals surface area contributed by atoms with Crippen molar-refractivity contribution in [3.63, 3.8) is 0 Å². The second-order valence-electron chi connectivity index (χ2n) is 7.08. The van der Waals surface area contributed by atoms with Crippen molar-refractivity contribution in [2.24, 2.45) is 0 Å². The summed E-state index contributed by atoms with van der Waals surface area (Å²) in [6.07, 6.45) is 2.64. The van der Waals surface area contributed by atoms with Gasteiger partial charge in [0.1, 0.15) is 22.9 Å². The third-order valence-electron chi connectivity index (χ3n) is 5.01. The molecule has 0 saturated carbocycles. The lowest BCUT2D eigenvalue weighted by Crippen LogP contribution is -2.45. The monoisotopic (exact) mass is 436 g/mol. The van der Waals surface area contributed by atoms with Crippen molar-refractivity contribution < 1.29 is 28.4 Å². The van der Waals surface area contributed by atoms with E-state index in [1.54, 1.807) is 5.48 Å². The highest BCUT2D eigenvalue weighted by Gasteiger charge is 2.25. The maximum atomic E-state index is 13.8. The topological polar surface area (TPSA) is 139 Å². The number of carbonyl (C=O) groups is 3. The number of benzene rings is 1. The highest BCUT2D eigenvalue weighted by Crippen LogP contribution is 2.18. The van der Waals surface area contributed by atoms with Gasteiger partial charge in [0.2, 0.25) is 5.91 Å². The van der Waals surface area contributed by atoms with Crippen molar-refractivity contribution in [1.29, 1.82) is 0 Å². The van der Waals surface area contributed by atoms with Gasteiger partial charge in [-0.05, 0) is 25.0 Å². The van der Waals surface area contributed by atoms with Crippen LogP contribution in [0, 0.1) is 11.6 Å². The van der Waals surface area contributed by atoms with Gasteiger partial charge in [-0.15, -0.1) is 0 Å². The molecule has 10 nitrogen and oxygen atoms in total. The SMILES string of the molecule is O=C(CCN1CCC(NC(=O)c2[nH]ncc2NC(=O)c2c(F)cccc2F)CC1)NO. The number of piperidine rings is 1. The maximum absolute atomic E-state index is 13.8. The number of nitrogens with zero attached hydrogens (tertiary/aromatic N) is 2. The minimum absolute atomic E-state index is 0.00222. The average molecular weight is 436 g/mol. The zero-order valence-electron chi connectivity index (χ0n) is 16.5. The van der Waals surface area contributed by atoms with Gasteiger partial charge in [-0.2, -0.15) is 5.10 Å². The fourth-order valence-corrected chi connectivity index (χ4v) is 3.33. The van der Waals surface area contributed by atoms with Crippen LogP contribution in [-0.2, 0) is 4.79 Å². The summed E-state index contributed by atoms with van der Waals surface area (Å²) in [5, 5.41) is 19.9. The normalized spacial score (nSPS) is 14.8. The van der Waals surface area contributed by atoms with Crippen LogP contribution in [0.4, 0.5) is 14.5 Å². The van der Waals surface area contributed by atoms with E-state index in [9.17, 15) is 23.2 Å². The lowest BCUT2D eigenvalue weighted by molar-refractivity contribution is -0.129. The van der Waals surface area contributed by atoms with Crippen molar-refractivity contribution in [2.75, 3.05) is 25.0 Å². The molecule has 0 radical (unpaired) electrons. The number of aromatic amines is 1. The Morgan fingerprint density at radius 3 is 2.48 bits per heavy atom. The number of hydrogen-bond donors (Lipinski definition) is 5. The second-order valence-corrected chi connectivity index (χ2v) is 7.08. The zero-order chi connectivity index (χ0) is 22.4. The summed E-state index contributed by atoms with van der Waals surface area (Å²) < 4.78 is 27.6. The van der Waals surface area contributed by atoms with Crippen LogP contribution in [-0.4, -0.2) is 63.7 Å². The van der Waals surface area contributed by atoms with Gasteiger partial charge < -0.3 is 15.5 Å². The van der Waals surface area contributed by atoms with E-state index in [1.807, 2.05) is 4.90 Å². The molecule has 31 heavy (non-hydrogen) atoms. The molecule has 0 aliphatic carbocycles. The summed E-state index contributed by atoms with van der Waals surface area (Å²) in [5.41, 5.74) is 0.797. The number of halogens is 2. The van der Waals surface area contributed by atoms with Crippen molar-refractivity contribution in [3.8, 4) is 0 Å². The van der Waals surface area contributed by atoms with Crippen LogP contribution in [0.1, 0.15) is 40.1 Å². The standard InChI is InChI=1S/C19H22F2N6O4/c20-12-2-1-3-13(21)16(12)18(29)24-14-10-22-25-17(14)19(30)23-11-4-7-27(8-5-11)9-6-15(28)26-31/h1-3,10-11,31H,4-9H2,(H,22,25)(H,23,30)(H,24,29)(H,26,28). The molecule has 0 spiro atoms. The van der Waals surface area contributed by atoms with Gasteiger partial charge >= 0.3 is 0 Å². The molecule has 1 fully saturated rings. The molecular weight excluding hydrogens is 414 g/mol. The number of H-pyrrole nitrogens is 1. The quantitative estimate of drug-likeness (QED) is 0.325. The second kappa shape index (κ2) is 10.1. The lowest BCUT2D eigenvalue weighted by Gasteiger charge is -2.32. The summed E-state index contributed by atoms with van der Waals surface area (Å²) in [7, 11) is 0. The molecule has 1 aromatic heterocycles.